The molecule has 7 heteroatoms. The van der Waals surface area contributed by atoms with Gasteiger partial charge in [-0.2, -0.15) is 4.31 Å². The van der Waals surface area contributed by atoms with E-state index in [1.165, 1.54) is 18.4 Å². The zero-order chi connectivity index (χ0) is 22.4. The Bertz CT molecular complexity index is 1010. The predicted molar refractivity (Wildman–Crippen MR) is 126 cm³/mol. The fourth-order valence-corrected chi connectivity index (χ4v) is 6.06. The average Bonchev–Trinajstić information content (AvgIpc) is 3.33. The van der Waals surface area contributed by atoms with Crippen molar-refractivity contribution in [3.8, 4) is 0 Å². The summed E-state index contributed by atoms with van der Waals surface area (Å²) in [4.78, 5) is 15.3. The van der Waals surface area contributed by atoms with E-state index < -0.39 is 10.0 Å². The molecule has 0 aromatic heterocycles. The van der Waals surface area contributed by atoms with Gasteiger partial charge in [-0.3, -0.25) is 9.69 Å². The van der Waals surface area contributed by atoms with Crippen LogP contribution in [0.4, 0.5) is 0 Å². The maximum absolute atomic E-state index is 12.8. The molecule has 1 N–H and O–H groups in total. The van der Waals surface area contributed by atoms with Gasteiger partial charge in [-0.1, -0.05) is 42.8 Å². The largest absolute Gasteiger partial charge is 0.352 e. The maximum Gasteiger partial charge on any atom is 0.243 e. The molecule has 0 bridgehead atoms. The monoisotopic (exact) mass is 455 g/mol. The molecule has 0 atom stereocenters. The van der Waals surface area contributed by atoms with E-state index in [9.17, 15) is 13.2 Å². The van der Waals surface area contributed by atoms with Crippen molar-refractivity contribution in [2.24, 2.45) is 0 Å². The number of carbonyl (C=O) groups is 1. The SMILES string of the molecule is O=C(Cc1ccc(S(=O)(=O)N2CCCCC2)cc1)NCc1ccccc1CN1CCCC1. The van der Waals surface area contributed by atoms with Crippen molar-refractivity contribution in [1.29, 1.82) is 0 Å². The number of hydrogen-bond donors (Lipinski definition) is 1. The lowest BCUT2D eigenvalue weighted by Crippen LogP contribution is -2.35. The molecular weight excluding hydrogens is 422 g/mol. The molecule has 0 radical (unpaired) electrons. The number of piperidine rings is 1. The molecule has 2 fully saturated rings. The van der Waals surface area contributed by atoms with E-state index in [1.54, 1.807) is 28.6 Å². The normalized spacial score (nSPS) is 18.0. The number of carbonyl (C=O) groups excluding carboxylic acids is 1. The van der Waals surface area contributed by atoms with E-state index in [2.05, 4.69) is 28.4 Å². The van der Waals surface area contributed by atoms with Crippen LogP contribution in [-0.4, -0.2) is 49.7 Å². The first-order chi connectivity index (χ1) is 15.5. The van der Waals surface area contributed by atoms with Gasteiger partial charge in [0.25, 0.3) is 0 Å². The molecule has 6 nitrogen and oxygen atoms in total. The molecule has 2 heterocycles. The fraction of sp³-hybridized carbons (Fsp3) is 0.480. The van der Waals surface area contributed by atoms with E-state index in [0.29, 0.717) is 24.5 Å². The standard InChI is InChI=1S/C25H33N3O3S/c29-25(26-19-22-8-2-3-9-23(22)20-27-14-6-7-15-27)18-21-10-12-24(13-11-21)32(30,31)28-16-4-1-5-17-28/h2-3,8-13H,1,4-7,14-20H2,(H,26,29). The molecule has 2 aliphatic heterocycles. The molecule has 32 heavy (non-hydrogen) atoms. The molecule has 2 aromatic carbocycles. The summed E-state index contributed by atoms with van der Waals surface area (Å²) in [5.41, 5.74) is 3.23. The van der Waals surface area contributed by atoms with Crippen molar-refractivity contribution >= 4 is 15.9 Å². The number of amides is 1. The van der Waals surface area contributed by atoms with Gasteiger partial charge in [0.2, 0.25) is 15.9 Å². The first kappa shape index (κ1) is 23.0. The second kappa shape index (κ2) is 10.6. The molecule has 2 aliphatic rings. The van der Waals surface area contributed by atoms with Crippen LogP contribution < -0.4 is 5.32 Å². The maximum atomic E-state index is 12.8. The van der Waals surface area contributed by atoms with E-state index in [0.717, 1.165) is 50.0 Å². The summed E-state index contributed by atoms with van der Waals surface area (Å²) >= 11 is 0. The number of likely N-dealkylation sites (tertiary alicyclic amines) is 1. The van der Waals surface area contributed by atoms with Crippen molar-refractivity contribution in [2.45, 2.75) is 56.5 Å². The van der Waals surface area contributed by atoms with Crippen molar-refractivity contribution < 1.29 is 13.2 Å². The van der Waals surface area contributed by atoms with Crippen LogP contribution in [0.3, 0.4) is 0 Å². The van der Waals surface area contributed by atoms with Crippen LogP contribution >= 0.6 is 0 Å². The van der Waals surface area contributed by atoms with Crippen LogP contribution in [0.15, 0.2) is 53.4 Å². The summed E-state index contributed by atoms with van der Waals surface area (Å²) in [5, 5.41) is 3.03. The van der Waals surface area contributed by atoms with Gasteiger partial charge in [0, 0.05) is 26.2 Å². The van der Waals surface area contributed by atoms with Gasteiger partial charge in [-0.25, -0.2) is 8.42 Å². The first-order valence-electron chi connectivity index (χ1n) is 11.7. The first-order valence-corrected chi connectivity index (χ1v) is 13.1. The number of benzene rings is 2. The van der Waals surface area contributed by atoms with Crippen molar-refractivity contribution in [1.82, 2.24) is 14.5 Å². The predicted octanol–water partition coefficient (Wildman–Crippen LogP) is 3.32. The number of hydrogen-bond acceptors (Lipinski definition) is 4. The second-order valence-corrected chi connectivity index (χ2v) is 10.8. The van der Waals surface area contributed by atoms with Gasteiger partial charge in [-0.05, 0) is 67.6 Å². The summed E-state index contributed by atoms with van der Waals surface area (Å²) < 4.78 is 27.1. The number of nitrogens with one attached hydrogen (secondary N) is 1. The molecule has 0 unspecified atom stereocenters. The summed E-state index contributed by atoms with van der Waals surface area (Å²) in [6.07, 6.45) is 5.67. The summed E-state index contributed by atoms with van der Waals surface area (Å²) in [5.74, 6) is -0.0624. The Morgan fingerprint density at radius 2 is 1.44 bits per heavy atom. The molecule has 4 rings (SSSR count). The Morgan fingerprint density at radius 3 is 2.12 bits per heavy atom. The number of rotatable bonds is 8. The highest BCUT2D eigenvalue weighted by Gasteiger charge is 2.25. The molecule has 2 aromatic rings. The zero-order valence-electron chi connectivity index (χ0n) is 18.6. The quantitative estimate of drug-likeness (QED) is 0.663. The highest BCUT2D eigenvalue weighted by molar-refractivity contribution is 7.89. The van der Waals surface area contributed by atoms with Crippen LogP contribution in [0.5, 0.6) is 0 Å². The molecule has 1 amide bonds. The van der Waals surface area contributed by atoms with Crippen LogP contribution in [0.2, 0.25) is 0 Å². The molecule has 0 aliphatic carbocycles. The van der Waals surface area contributed by atoms with Gasteiger partial charge < -0.3 is 5.32 Å². The van der Waals surface area contributed by atoms with Crippen molar-refractivity contribution in [3.05, 3.63) is 65.2 Å². The molecule has 2 saturated heterocycles. The summed E-state index contributed by atoms with van der Waals surface area (Å²) in [6, 6.07) is 15.0. The van der Waals surface area contributed by atoms with E-state index >= 15 is 0 Å². The third-order valence-electron chi connectivity index (χ3n) is 6.43. The number of sulfonamides is 1. The minimum absolute atomic E-state index is 0.0624. The van der Waals surface area contributed by atoms with Crippen molar-refractivity contribution in [2.75, 3.05) is 26.2 Å². The lowest BCUT2D eigenvalue weighted by molar-refractivity contribution is -0.120. The minimum Gasteiger partial charge on any atom is -0.352 e. The van der Waals surface area contributed by atoms with Gasteiger partial charge >= 0.3 is 0 Å². The Balaban J connectivity index is 1.32. The van der Waals surface area contributed by atoms with Gasteiger partial charge in [0.15, 0.2) is 0 Å². The van der Waals surface area contributed by atoms with E-state index in [1.807, 2.05) is 6.07 Å². The van der Waals surface area contributed by atoms with Crippen LogP contribution in [0.25, 0.3) is 0 Å². The van der Waals surface area contributed by atoms with E-state index in [-0.39, 0.29) is 12.3 Å². The average molecular weight is 456 g/mol. The lowest BCUT2D eigenvalue weighted by Gasteiger charge is -2.25. The highest BCUT2D eigenvalue weighted by Crippen LogP contribution is 2.21. The Morgan fingerprint density at radius 1 is 0.812 bits per heavy atom. The zero-order valence-corrected chi connectivity index (χ0v) is 19.4. The number of nitrogens with zero attached hydrogens (tertiary/aromatic N) is 2. The van der Waals surface area contributed by atoms with Crippen LogP contribution in [0, 0.1) is 0 Å². The summed E-state index contributed by atoms with van der Waals surface area (Å²) in [7, 11) is -3.44. The Hall–Kier alpha value is -2.22. The molecular formula is C25H33N3O3S. The highest BCUT2D eigenvalue weighted by atomic mass is 32.2. The van der Waals surface area contributed by atoms with Gasteiger partial charge in [0.05, 0.1) is 11.3 Å². The Kier molecular flexibility index (Phi) is 7.60. The molecule has 172 valence electrons. The van der Waals surface area contributed by atoms with E-state index in [4.69, 9.17) is 0 Å². The van der Waals surface area contributed by atoms with Crippen molar-refractivity contribution in [3.63, 3.8) is 0 Å². The third-order valence-corrected chi connectivity index (χ3v) is 8.34. The van der Waals surface area contributed by atoms with Gasteiger partial charge in [0.1, 0.15) is 0 Å². The lowest BCUT2D eigenvalue weighted by atomic mass is 10.1. The smallest absolute Gasteiger partial charge is 0.243 e. The topological polar surface area (TPSA) is 69.7 Å². The summed E-state index contributed by atoms with van der Waals surface area (Å²) in [6.45, 7) is 4.90. The second-order valence-electron chi connectivity index (χ2n) is 8.81. The Labute approximate surface area is 191 Å². The van der Waals surface area contributed by atoms with Gasteiger partial charge in [-0.15, -0.1) is 0 Å². The molecule has 0 spiro atoms. The third kappa shape index (κ3) is 5.77. The van der Waals surface area contributed by atoms with Crippen LogP contribution in [0.1, 0.15) is 48.8 Å². The van der Waals surface area contributed by atoms with Crippen LogP contribution in [-0.2, 0) is 34.3 Å². The molecule has 0 saturated carbocycles. The minimum atomic E-state index is -3.44. The fourth-order valence-electron chi connectivity index (χ4n) is 4.54.